The van der Waals surface area contributed by atoms with Gasteiger partial charge in [-0.1, -0.05) is 38.0 Å². The van der Waals surface area contributed by atoms with Crippen LogP contribution in [0, 0.1) is 5.92 Å². The topological polar surface area (TPSA) is 60.4 Å². The van der Waals surface area contributed by atoms with E-state index < -0.39 is 0 Å². The molecule has 1 saturated carbocycles. The van der Waals surface area contributed by atoms with E-state index in [9.17, 15) is 0 Å². The Labute approximate surface area is 125 Å². The highest BCUT2D eigenvalue weighted by molar-refractivity contribution is 5.77. The van der Waals surface area contributed by atoms with E-state index in [1.807, 2.05) is 18.2 Å². The van der Waals surface area contributed by atoms with Crippen molar-refractivity contribution in [1.82, 2.24) is 5.43 Å². The Bertz CT molecular complexity index is 577. The summed E-state index contributed by atoms with van der Waals surface area (Å²) in [6.07, 6.45) is 4.41. The number of benzene rings is 1. The van der Waals surface area contributed by atoms with Crippen LogP contribution in [0.4, 0.5) is 0 Å². The van der Waals surface area contributed by atoms with Crippen molar-refractivity contribution in [3.63, 3.8) is 0 Å². The highest BCUT2D eigenvalue weighted by atomic mass is 16.5. The van der Waals surface area contributed by atoms with Crippen molar-refractivity contribution in [1.29, 1.82) is 0 Å². The molecule has 1 aromatic carbocycles. The van der Waals surface area contributed by atoms with Gasteiger partial charge in [-0.05, 0) is 30.9 Å². The Balaban J connectivity index is 1.99. The second-order valence-electron chi connectivity index (χ2n) is 6.26. The summed E-state index contributed by atoms with van der Waals surface area (Å²) in [6.45, 7) is 2.28. The predicted molar refractivity (Wildman–Crippen MR) is 83.7 cm³/mol. The van der Waals surface area contributed by atoms with Gasteiger partial charge in [-0.15, -0.1) is 0 Å². The monoisotopic (exact) mass is 288 g/mol. The summed E-state index contributed by atoms with van der Waals surface area (Å²) in [5.41, 5.74) is 3.54. The quantitative estimate of drug-likeness (QED) is 0.667. The average Bonchev–Trinajstić information content (AvgIpc) is 2.91. The van der Waals surface area contributed by atoms with Gasteiger partial charge in [-0.25, -0.2) is 5.43 Å². The number of hydrazine groups is 1. The third kappa shape index (κ3) is 2.59. The lowest BCUT2D eigenvalue weighted by atomic mass is 9.74. The van der Waals surface area contributed by atoms with Crippen LogP contribution in [0.2, 0.25) is 0 Å². The number of methoxy groups -OCH3 is 1. The van der Waals surface area contributed by atoms with Crippen LogP contribution in [0.25, 0.3) is 11.0 Å². The van der Waals surface area contributed by atoms with Gasteiger partial charge in [0, 0.05) is 12.5 Å². The molecule has 1 heterocycles. The molecular formula is C17H24N2O2. The van der Waals surface area contributed by atoms with Gasteiger partial charge < -0.3 is 9.15 Å². The molecule has 0 amide bonds. The molecule has 0 saturated heterocycles. The number of para-hydroxylation sites is 1. The minimum Gasteiger partial charge on any atom is -0.459 e. The van der Waals surface area contributed by atoms with Crippen molar-refractivity contribution >= 4 is 11.0 Å². The van der Waals surface area contributed by atoms with E-state index in [1.165, 1.54) is 6.42 Å². The van der Waals surface area contributed by atoms with E-state index in [4.69, 9.17) is 15.0 Å². The lowest BCUT2D eigenvalue weighted by Crippen LogP contribution is -2.50. The fraction of sp³-hybridized carbons (Fsp3) is 0.529. The van der Waals surface area contributed by atoms with E-state index >= 15 is 0 Å². The molecule has 3 N–H and O–H groups in total. The number of furan rings is 1. The first-order chi connectivity index (χ1) is 10.2. The molecule has 0 spiro atoms. The zero-order chi connectivity index (χ0) is 14.9. The molecule has 1 aliphatic carbocycles. The summed E-state index contributed by atoms with van der Waals surface area (Å²) in [5.74, 6) is 7.37. The SMILES string of the molecule is COC1(C(NN)c2cc3ccccc3o2)CCCC(C)C1. The molecule has 3 rings (SSSR count). The van der Waals surface area contributed by atoms with Crippen LogP contribution in [0.3, 0.4) is 0 Å². The molecule has 114 valence electrons. The third-order valence-corrected chi connectivity index (χ3v) is 4.82. The standard InChI is InChI=1S/C17H24N2O2/c1-12-6-5-9-17(11-12,20-2)16(19-18)15-10-13-7-3-4-8-14(13)21-15/h3-4,7-8,10,12,16,19H,5-6,9,11,18H2,1-2H3. The highest BCUT2D eigenvalue weighted by Crippen LogP contribution is 2.43. The molecular weight excluding hydrogens is 264 g/mol. The van der Waals surface area contributed by atoms with Crippen LogP contribution >= 0.6 is 0 Å². The predicted octanol–water partition coefficient (Wildman–Crippen LogP) is 3.53. The molecule has 1 aromatic heterocycles. The Kier molecular flexibility index (Phi) is 4.02. The minimum atomic E-state index is -0.291. The molecule has 4 heteroatoms. The van der Waals surface area contributed by atoms with Gasteiger partial charge in [0.05, 0.1) is 5.60 Å². The Morgan fingerprint density at radius 3 is 2.90 bits per heavy atom. The first-order valence-corrected chi connectivity index (χ1v) is 7.68. The third-order valence-electron chi connectivity index (χ3n) is 4.82. The van der Waals surface area contributed by atoms with Gasteiger partial charge in [0.2, 0.25) is 0 Å². The Morgan fingerprint density at radius 1 is 1.43 bits per heavy atom. The normalized spacial score (nSPS) is 27.9. The summed E-state index contributed by atoms with van der Waals surface area (Å²) in [5, 5.41) is 1.10. The molecule has 0 bridgehead atoms. The van der Waals surface area contributed by atoms with Gasteiger partial charge >= 0.3 is 0 Å². The van der Waals surface area contributed by atoms with E-state index in [0.717, 1.165) is 36.0 Å². The highest BCUT2D eigenvalue weighted by Gasteiger charge is 2.44. The summed E-state index contributed by atoms with van der Waals surface area (Å²) in [6, 6.07) is 9.97. The van der Waals surface area contributed by atoms with E-state index in [0.29, 0.717) is 5.92 Å². The van der Waals surface area contributed by atoms with Gasteiger partial charge in [0.15, 0.2) is 0 Å². The molecule has 21 heavy (non-hydrogen) atoms. The molecule has 4 nitrogen and oxygen atoms in total. The van der Waals surface area contributed by atoms with Crippen LogP contribution < -0.4 is 11.3 Å². The minimum absolute atomic E-state index is 0.127. The number of fused-ring (bicyclic) bond motifs is 1. The van der Waals surface area contributed by atoms with Crippen LogP contribution in [-0.2, 0) is 4.74 Å². The van der Waals surface area contributed by atoms with Gasteiger partial charge in [0.25, 0.3) is 0 Å². The first kappa shape index (κ1) is 14.6. The summed E-state index contributed by atoms with van der Waals surface area (Å²) < 4.78 is 12.0. The van der Waals surface area contributed by atoms with Crippen molar-refractivity contribution in [2.75, 3.05) is 7.11 Å². The maximum absolute atomic E-state index is 6.01. The van der Waals surface area contributed by atoms with Crippen molar-refractivity contribution < 1.29 is 9.15 Å². The molecule has 3 unspecified atom stereocenters. The lowest BCUT2D eigenvalue weighted by Gasteiger charge is -2.43. The maximum atomic E-state index is 6.01. The summed E-state index contributed by atoms with van der Waals surface area (Å²) in [7, 11) is 1.78. The van der Waals surface area contributed by atoms with Crippen LogP contribution in [0.15, 0.2) is 34.7 Å². The summed E-state index contributed by atoms with van der Waals surface area (Å²) >= 11 is 0. The molecule has 1 fully saturated rings. The van der Waals surface area contributed by atoms with E-state index in [2.05, 4.69) is 24.5 Å². The van der Waals surface area contributed by atoms with Crippen LogP contribution in [-0.4, -0.2) is 12.7 Å². The zero-order valence-electron chi connectivity index (χ0n) is 12.8. The van der Waals surface area contributed by atoms with Gasteiger partial charge in [-0.3, -0.25) is 5.84 Å². The number of nitrogens with two attached hydrogens (primary N) is 1. The number of rotatable bonds is 4. The molecule has 0 radical (unpaired) electrons. The summed E-state index contributed by atoms with van der Waals surface area (Å²) in [4.78, 5) is 0. The average molecular weight is 288 g/mol. The van der Waals surface area contributed by atoms with Gasteiger partial charge in [0.1, 0.15) is 17.4 Å². The molecule has 0 aliphatic heterocycles. The van der Waals surface area contributed by atoms with E-state index in [1.54, 1.807) is 7.11 Å². The van der Waals surface area contributed by atoms with Crippen LogP contribution in [0.5, 0.6) is 0 Å². The second kappa shape index (κ2) is 5.79. The first-order valence-electron chi connectivity index (χ1n) is 7.68. The Morgan fingerprint density at radius 2 is 2.24 bits per heavy atom. The largest absolute Gasteiger partial charge is 0.459 e. The number of nitrogens with one attached hydrogen (secondary N) is 1. The smallest absolute Gasteiger partial charge is 0.134 e. The Hall–Kier alpha value is -1.36. The van der Waals surface area contributed by atoms with Crippen LogP contribution in [0.1, 0.15) is 44.4 Å². The molecule has 1 aliphatic rings. The zero-order valence-corrected chi connectivity index (χ0v) is 12.8. The van der Waals surface area contributed by atoms with Crippen molar-refractivity contribution in [2.45, 2.75) is 44.2 Å². The van der Waals surface area contributed by atoms with Crippen molar-refractivity contribution in [2.24, 2.45) is 11.8 Å². The molecule has 3 atom stereocenters. The second-order valence-corrected chi connectivity index (χ2v) is 6.26. The lowest BCUT2D eigenvalue weighted by molar-refractivity contribution is -0.0846. The fourth-order valence-corrected chi connectivity index (χ4v) is 3.75. The van der Waals surface area contributed by atoms with Crippen molar-refractivity contribution in [3.05, 3.63) is 36.1 Å². The number of hydrogen-bond acceptors (Lipinski definition) is 4. The fourth-order valence-electron chi connectivity index (χ4n) is 3.75. The number of ether oxygens (including phenoxy) is 1. The van der Waals surface area contributed by atoms with Gasteiger partial charge in [-0.2, -0.15) is 0 Å². The number of hydrogen-bond donors (Lipinski definition) is 2. The van der Waals surface area contributed by atoms with E-state index in [-0.39, 0.29) is 11.6 Å². The molecule has 2 aromatic rings. The maximum Gasteiger partial charge on any atom is 0.134 e. The van der Waals surface area contributed by atoms with Crippen molar-refractivity contribution in [3.8, 4) is 0 Å².